The van der Waals surface area contributed by atoms with Gasteiger partial charge < -0.3 is 9.88 Å². The van der Waals surface area contributed by atoms with Crippen molar-refractivity contribution in [3.63, 3.8) is 0 Å². The highest BCUT2D eigenvalue weighted by Crippen LogP contribution is 2.29. The van der Waals surface area contributed by atoms with Crippen LogP contribution >= 0.6 is 11.6 Å². The normalized spacial score (nSPS) is 16.2. The van der Waals surface area contributed by atoms with Gasteiger partial charge in [-0.3, -0.25) is 4.79 Å². The molecule has 24 heavy (non-hydrogen) atoms. The predicted octanol–water partition coefficient (Wildman–Crippen LogP) is 4.25. The van der Waals surface area contributed by atoms with Gasteiger partial charge in [0.2, 0.25) is 5.91 Å². The third-order valence-electron chi connectivity index (χ3n) is 4.88. The summed E-state index contributed by atoms with van der Waals surface area (Å²) < 4.78 is 1.94. The number of nitrogens with zero attached hydrogens (tertiary/aromatic N) is 2. The highest BCUT2D eigenvalue weighted by Gasteiger charge is 2.22. The van der Waals surface area contributed by atoms with Crippen LogP contribution in [0.5, 0.6) is 0 Å². The molecular formula is C19H24ClN3O. The fraction of sp³-hybridized carbons (Fsp3) is 0.474. The Hall–Kier alpha value is -1.81. The molecule has 1 saturated carbocycles. The first-order chi connectivity index (χ1) is 11.6. The molecule has 1 N–H and O–H groups in total. The number of hydrogen-bond acceptors (Lipinski definition) is 2. The van der Waals surface area contributed by atoms with Gasteiger partial charge in [-0.15, -0.1) is 0 Å². The average Bonchev–Trinajstić information content (AvgIpc) is 3.23. The van der Waals surface area contributed by atoms with Gasteiger partial charge in [0, 0.05) is 30.9 Å². The van der Waals surface area contributed by atoms with Crippen molar-refractivity contribution >= 4 is 17.5 Å². The van der Waals surface area contributed by atoms with Crippen molar-refractivity contribution in [2.45, 2.75) is 44.6 Å². The molecule has 1 fully saturated rings. The van der Waals surface area contributed by atoms with Crippen LogP contribution in [0.4, 0.5) is 0 Å². The second kappa shape index (κ2) is 7.84. The number of carbonyl (C=O) groups is 1. The zero-order valence-corrected chi connectivity index (χ0v) is 14.8. The summed E-state index contributed by atoms with van der Waals surface area (Å²) in [7, 11) is 1.94. The van der Waals surface area contributed by atoms with E-state index in [1.165, 1.54) is 25.7 Å². The molecule has 1 atom stereocenters. The maximum atomic E-state index is 12.5. The third kappa shape index (κ3) is 4.18. The van der Waals surface area contributed by atoms with Crippen molar-refractivity contribution in [3.05, 3.63) is 53.1 Å². The first kappa shape index (κ1) is 17.0. The van der Waals surface area contributed by atoms with Gasteiger partial charge in [-0.1, -0.05) is 49.4 Å². The smallest absolute Gasteiger partial charge is 0.220 e. The van der Waals surface area contributed by atoms with E-state index in [1.54, 1.807) is 6.20 Å². The number of nitrogens with one attached hydrogen (secondary N) is 1. The van der Waals surface area contributed by atoms with Crippen molar-refractivity contribution in [1.82, 2.24) is 14.9 Å². The van der Waals surface area contributed by atoms with Gasteiger partial charge in [0.25, 0.3) is 0 Å². The Kier molecular flexibility index (Phi) is 5.56. The third-order valence-corrected chi connectivity index (χ3v) is 5.13. The Morgan fingerprint density at radius 2 is 2.04 bits per heavy atom. The highest BCUT2D eigenvalue weighted by atomic mass is 35.5. The van der Waals surface area contributed by atoms with E-state index in [2.05, 4.69) is 10.3 Å². The number of benzene rings is 1. The zero-order valence-electron chi connectivity index (χ0n) is 14.0. The van der Waals surface area contributed by atoms with E-state index in [1.807, 2.05) is 42.1 Å². The first-order valence-electron chi connectivity index (χ1n) is 8.65. The van der Waals surface area contributed by atoms with Crippen molar-refractivity contribution in [2.24, 2.45) is 13.0 Å². The summed E-state index contributed by atoms with van der Waals surface area (Å²) in [5, 5.41) is 3.84. The molecule has 5 heteroatoms. The molecule has 1 aliphatic carbocycles. The summed E-state index contributed by atoms with van der Waals surface area (Å²) in [6.45, 7) is 0. The number of hydrogen-bond donors (Lipinski definition) is 1. The molecule has 4 nitrogen and oxygen atoms in total. The van der Waals surface area contributed by atoms with Crippen LogP contribution in [0.3, 0.4) is 0 Å². The molecule has 1 aromatic carbocycles. The lowest BCUT2D eigenvalue weighted by Crippen LogP contribution is -2.31. The Bertz CT molecular complexity index is 674. The van der Waals surface area contributed by atoms with Crippen LogP contribution in [-0.2, 0) is 11.8 Å². The molecule has 1 aliphatic rings. The maximum Gasteiger partial charge on any atom is 0.220 e. The van der Waals surface area contributed by atoms with Crippen LogP contribution in [0.25, 0.3) is 0 Å². The number of aryl methyl sites for hydroxylation is 1. The van der Waals surface area contributed by atoms with E-state index in [0.717, 1.165) is 23.7 Å². The summed E-state index contributed by atoms with van der Waals surface area (Å²) >= 11 is 5.99. The lowest BCUT2D eigenvalue weighted by molar-refractivity contribution is -0.121. The predicted molar refractivity (Wildman–Crippen MR) is 95.8 cm³/mol. The van der Waals surface area contributed by atoms with Gasteiger partial charge in [0.1, 0.15) is 11.9 Å². The number of amides is 1. The van der Waals surface area contributed by atoms with Crippen LogP contribution in [-0.4, -0.2) is 15.5 Å². The van der Waals surface area contributed by atoms with Crippen LogP contribution < -0.4 is 5.32 Å². The van der Waals surface area contributed by atoms with Gasteiger partial charge in [-0.2, -0.15) is 0 Å². The van der Waals surface area contributed by atoms with Crippen LogP contribution in [0.15, 0.2) is 36.7 Å². The Labute approximate surface area is 148 Å². The van der Waals surface area contributed by atoms with E-state index in [4.69, 9.17) is 11.6 Å². The molecule has 0 bridgehead atoms. The summed E-state index contributed by atoms with van der Waals surface area (Å²) in [5.41, 5.74) is 0.989. The maximum absolute atomic E-state index is 12.5. The largest absolute Gasteiger partial charge is 0.342 e. The first-order valence-corrected chi connectivity index (χ1v) is 9.03. The van der Waals surface area contributed by atoms with Crippen molar-refractivity contribution in [3.8, 4) is 0 Å². The van der Waals surface area contributed by atoms with E-state index in [9.17, 15) is 4.79 Å². The fourth-order valence-electron chi connectivity index (χ4n) is 3.47. The minimum absolute atomic E-state index is 0.0878. The van der Waals surface area contributed by atoms with Gasteiger partial charge in [-0.05, 0) is 30.0 Å². The molecule has 1 heterocycles. The molecule has 0 aliphatic heterocycles. The lowest BCUT2D eigenvalue weighted by atomic mass is 10.0. The highest BCUT2D eigenvalue weighted by molar-refractivity contribution is 6.30. The molecular weight excluding hydrogens is 322 g/mol. The minimum atomic E-state index is -0.252. The topological polar surface area (TPSA) is 46.9 Å². The molecule has 0 radical (unpaired) electrons. The van der Waals surface area contributed by atoms with Gasteiger partial charge in [-0.25, -0.2) is 4.98 Å². The van der Waals surface area contributed by atoms with Crippen LogP contribution in [0, 0.1) is 5.92 Å². The Balaban J connectivity index is 1.71. The molecule has 0 spiro atoms. The quantitative estimate of drug-likeness (QED) is 0.850. The summed E-state index contributed by atoms with van der Waals surface area (Å²) in [6.07, 6.45) is 10.4. The monoisotopic (exact) mass is 345 g/mol. The number of carbonyl (C=O) groups excluding carboxylic acids is 1. The summed E-state index contributed by atoms with van der Waals surface area (Å²) in [6, 6.07) is 7.32. The Morgan fingerprint density at radius 3 is 2.67 bits per heavy atom. The number of halogens is 1. The van der Waals surface area contributed by atoms with Crippen LogP contribution in [0.1, 0.15) is 56.0 Å². The number of aromatic nitrogens is 2. The lowest BCUT2D eigenvalue weighted by Gasteiger charge is -2.20. The van der Waals surface area contributed by atoms with Crippen molar-refractivity contribution in [1.29, 1.82) is 0 Å². The second-order valence-corrected chi connectivity index (χ2v) is 7.07. The van der Waals surface area contributed by atoms with Gasteiger partial charge >= 0.3 is 0 Å². The van der Waals surface area contributed by atoms with Crippen LogP contribution in [0.2, 0.25) is 5.02 Å². The van der Waals surface area contributed by atoms with Gasteiger partial charge in [0.05, 0.1) is 0 Å². The van der Waals surface area contributed by atoms with E-state index in [-0.39, 0.29) is 11.9 Å². The zero-order chi connectivity index (χ0) is 16.9. The molecule has 3 rings (SSSR count). The molecule has 1 amide bonds. The minimum Gasteiger partial charge on any atom is -0.342 e. The van der Waals surface area contributed by atoms with Crippen molar-refractivity contribution < 1.29 is 4.79 Å². The molecule has 128 valence electrons. The molecule has 2 aromatic rings. The van der Waals surface area contributed by atoms with Crippen molar-refractivity contribution in [2.75, 3.05) is 0 Å². The molecule has 0 saturated heterocycles. The second-order valence-electron chi connectivity index (χ2n) is 6.64. The van der Waals surface area contributed by atoms with E-state index >= 15 is 0 Å². The average molecular weight is 346 g/mol. The SMILES string of the molecule is Cn1ccnc1[C@H](NC(=O)CCC1CCCC1)c1ccc(Cl)cc1. The van der Waals surface area contributed by atoms with E-state index < -0.39 is 0 Å². The fourth-order valence-corrected chi connectivity index (χ4v) is 3.60. The number of imidazole rings is 1. The summed E-state index contributed by atoms with van der Waals surface area (Å²) in [5.74, 6) is 1.63. The Morgan fingerprint density at radius 1 is 1.33 bits per heavy atom. The van der Waals surface area contributed by atoms with E-state index in [0.29, 0.717) is 11.4 Å². The van der Waals surface area contributed by atoms with Gasteiger partial charge in [0.15, 0.2) is 0 Å². The molecule has 0 unspecified atom stereocenters. The summed E-state index contributed by atoms with van der Waals surface area (Å²) in [4.78, 5) is 16.9. The standard InChI is InChI=1S/C19H24ClN3O/c1-23-13-12-21-19(23)18(15-7-9-16(20)10-8-15)22-17(24)11-6-14-4-2-3-5-14/h7-10,12-14,18H,2-6,11H2,1H3,(H,22,24)/t18-/m1/s1. The molecule has 1 aromatic heterocycles. The number of rotatable bonds is 6.